The summed E-state index contributed by atoms with van der Waals surface area (Å²) in [5, 5.41) is 0. The van der Waals surface area contributed by atoms with Crippen LogP contribution >= 0.6 is 0 Å². The summed E-state index contributed by atoms with van der Waals surface area (Å²) in [5.41, 5.74) is 1.12. The van der Waals surface area contributed by atoms with E-state index in [4.69, 9.17) is 4.74 Å². The quantitative estimate of drug-likeness (QED) is 0.858. The number of hydrogen-bond acceptors (Lipinski definition) is 4. The third kappa shape index (κ3) is 3.14. The molecule has 0 bridgehead atoms. The number of nitrogens with zero attached hydrogens (tertiary/aromatic N) is 3. The van der Waals surface area contributed by atoms with Gasteiger partial charge >= 0.3 is 0 Å². The molecule has 104 valence electrons. The third-order valence-corrected chi connectivity index (χ3v) is 3.64. The second-order valence-electron chi connectivity index (χ2n) is 5.29. The second kappa shape index (κ2) is 6.01. The molecule has 4 nitrogen and oxygen atoms in total. The first kappa shape index (κ1) is 13.1. The number of hydrogen-bond donors (Lipinski definition) is 0. The van der Waals surface area contributed by atoms with Gasteiger partial charge in [-0.1, -0.05) is 6.07 Å². The predicted molar refractivity (Wildman–Crippen MR) is 78.0 cm³/mol. The van der Waals surface area contributed by atoms with Crippen molar-refractivity contribution in [2.24, 2.45) is 0 Å². The fraction of sp³-hybridized carbons (Fsp3) is 0.375. The molecule has 1 aliphatic heterocycles. The van der Waals surface area contributed by atoms with Crippen LogP contribution in [0.5, 0.6) is 11.6 Å². The van der Waals surface area contributed by atoms with Crippen LogP contribution in [0.4, 0.5) is 0 Å². The normalized spacial score (nSPS) is 19.8. The molecule has 1 unspecified atom stereocenters. The molecule has 0 amide bonds. The van der Waals surface area contributed by atoms with Gasteiger partial charge in [-0.15, -0.1) is 0 Å². The molecule has 3 heterocycles. The van der Waals surface area contributed by atoms with E-state index in [0.29, 0.717) is 11.8 Å². The Bertz CT molecular complexity index is 559. The number of ether oxygens (including phenoxy) is 1. The van der Waals surface area contributed by atoms with Crippen molar-refractivity contribution in [3.63, 3.8) is 0 Å². The van der Waals surface area contributed by atoms with Crippen LogP contribution in [0.1, 0.15) is 24.5 Å². The summed E-state index contributed by atoms with van der Waals surface area (Å²) in [6.07, 6.45) is 5.86. The molecule has 2 aromatic heterocycles. The van der Waals surface area contributed by atoms with Crippen LogP contribution in [0.15, 0.2) is 42.7 Å². The van der Waals surface area contributed by atoms with Crippen LogP contribution < -0.4 is 4.74 Å². The van der Waals surface area contributed by atoms with E-state index in [-0.39, 0.29) is 0 Å². The highest BCUT2D eigenvalue weighted by Crippen LogP contribution is 2.27. The average molecular weight is 269 g/mol. The van der Waals surface area contributed by atoms with E-state index in [1.807, 2.05) is 24.3 Å². The number of rotatable bonds is 3. The van der Waals surface area contributed by atoms with Crippen LogP contribution in [0.25, 0.3) is 0 Å². The monoisotopic (exact) mass is 269 g/mol. The maximum atomic E-state index is 5.75. The first-order chi connectivity index (χ1) is 9.81. The molecule has 1 saturated heterocycles. The van der Waals surface area contributed by atoms with Crippen molar-refractivity contribution < 1.29 is 4.74 Å². The topological polar surface area (TPSA) is 38.2 Å². The smallest absolute Gasteiger partial charge is 0.219 e. The molecule has 0 aromatic carbocycles. The van der Waals surface area contributed by atoms with E-state index in [0.717, 1.165) is 18.0 Å². The molecule has 1 fully saturated rings. The highest BCUT2D eigenvalue weighted by atomic mass is 16.5. The van der Waals surface area contributed by atoms with Crippen molar-refractivity contribution in [1.82, 2.24) is 14.9 Å². The zero-order valence-electron chi connectivity index (χ0n) is 11.7. The van der Waals surface area contributed by atoms with Gasteiger partial charge in [0.1, 0.15) is 5.75 Å². The Kier molecular flexibility index (Phi) is 3.92. The molecule has 0 aliphatic carbocycles. The largest absolute Gasteiger partial charge is 0.437 e. The molecule has 0 saturated carbocycles. The fourth-order valence-electron chi connectivity index (χ4n) is 2.65. The minimum absolute atomic E-state index is 0.506. The first-order valence-corrected chi connectivity index (χ1v) is 7.04. The molecule has 0 radical (unpaired) electrons. The van der Waals surface area contributed by atoms with Gasteiger partial charge in [-0.2, -0.15) is 0 Å². The van der Waals surface area contributed by atoms with Crippen LogP contribution in [0.2, 0.25) is 0 Å². The number of piperidine rings is 1. The van der Waals surface area contributed by atoms with Gasteiger partial charge in [-0.25, -0.2) is 4.98 Å². The minimum Gasteiger partial charge on any atom is -0.437 e. The van der Waals surface area contributed by atoms with Crippen LogP contribution in [0.3, 0.4) is 0 Å². The molecule has 0 N–H and O–H groups in total. The van der Waals surface area contributed by atoms with Gasteiger partial charge in [0, 0.05) is 30.4 Å². The molecule has 0 spiro atoms. The van der Waals surface area contributed by atoms with Gasteiger partial charge < -0.3 is 9.64 Å². The van der Waals surface area contributed by atoms with Gasteiger partial charge in [-0.3, -0.25) is 4.98 Å². The third-order valence-electron chi connectivity index (χ3n) is 3.64. The SMILES string of the molecule is CN1CCCC(c2cccc(Oc3cccnc3)n2)C1. The van der Waals surface area contributed by atoms with Crippen molar-refractivity contribution in [2.45, 2.75) is 18.8 Å². The van der Waals surface area contributed by atoms with Crippen LogP contribution in [0, 0.1) is 0 Å². The zero-order valence-corrected chi connectivity index (χ0v) is 11.7. The van der Waals surface area contributed by atoms with E-state index in [1.165, 1.54) is 19.4 Å². The lowest BCUT2D eigenvalue weighted by Gasteiger charge is -2.29. The molecule has 4 heteroatoms. The standard InChI is InChI=1S/C16H19N3O/c1-19-10-4-5-13(12-19)15-7-2-8-16(18-15)20-14-6-3-9-17-11-14/h2-3,6-9,11,13H,4-5,10,12H2,1H3. The van der Waals surface area contributed by atoms with Crippen LogP contribution in [-0.2, 0) is 0 Å². The first-order valence-electron chi connectivity index (χ1n) is 7.04. The van der Waals surface area contributed by atoms with Crippen LogP contribution in [-0.4, -0.2) is 35.0 Å². The Morgan fingerprint density at radius 2 is 2.20 bits per heavy atom. The van der Waals surface area contributed by atoms with Gasteiger partial charge in [0.05, 0.1) is 6.20 Å². The highest BCUT2D eigenvalue weighted by Gasteiger charge is 2.20. The summed E-state index contributed by atoms with van der Waals surface area (Å²) in [4.78, 5) is 11.1. The number of likely N-dealkylation sites (tertiary alicyclic amines) is 1. The second-order valence-corrected chi connectivity index (χ2v) is 5.29. The Morgan fingerprint density at radius 3 is 3.00 bits per heavy atom. The molecule has 20 heavy (non-hydrogen) atoms. The predicted octanol–water partition coefficient (Wildman–Crippen LogP) is 3.08. The minimum atomic E-state index is 0.506. The Labute approximate surface area is 119 Å². The van der Waals surface area contributed by atoms with E-state index < -0.39 is 0 Å². The Balaban J connectivity index is 1.75. The van der Waals surface area contributed by atoms with Crippen molar-refractivity contribution in [2.75, 3.05) is 20.1 Å². The Hall–Kier alpha value is -1.94. The fourth-order valence-corrected chi connectivity index (χ4v) is 2.65. The van der Waals surface area contributed by atoms with E-state index in [9.17, 15) is 0 Å². The summed E-state index contributed by atoms with van der Waals surface area (Å²) in [6.45, 7) is 2.26. The number of likely N-dealkylation sites (N-methyl/N-ethyl adjacent to an activating group) is 1. The lowest BCUT2D eigenvalue weighted by Crippen LogP contribution is -2.31. The molecular formula is C16H19N3O. The van der Waals surface area contributed by atoms with Crippen molar-refractivity contribution in [3.8, 4) is 11.6 Å². The van der Waals surface area contributed by atoms with Gasteiger partial charge in [0.15, 0.2) is 0 Å². The van der Waals surface area contributed by atoms with Crippen molar-refractivity contribution >= 4 is 0 Å². The summed E-state index contributed by atoms with van der Waals surface area (Å²) in [5.74, 6) is 1.87. The Morgan fingerprint density at radius 1 is 1.25 bits per heavy atom. The van der Waals surface area contributed by atoms with Gasteiger partial charge in [-0.05, 0) is 44.6 Å². The van der Waals surface area contributed by atoms with Gasteiger partial charge in [0.2, 0.25) is 5.88 Å². The number of pyridine rings is 2. The maximum Gasteiger partial charge on any atom is 0.219 e. The maximum absolute atomic E-state index is 5.75. The molecule has 1 atom stereocenters. The lowest BCUT2D eigenvalue weighted by molar-refractivity contribution is 0.248. The van der Waals surface area contributed by atoms with E-state index in [1.54, 1.807) is 12.4 Å². The lowest BCUT2D eigenvalue weighted by atomic mass is 9.95. The van der Waals surface area contributed by atoms with E-state index >= 15 is 0 Å². The number of aromatic nitrogens is 2. The zero-order chi connectivity index (χ0) is 13.8. The van der Waals surface area contributed by atoms with Gasteiger partial charge in [0.25, 0.3) is 0 Å². The van der Waals surface area contributed by atoms with Crippen molar-refractivity contribution in [3.05, 3.63) is 48.4 Å². The van der Waals surface area contributed by atoms with Crippen molar-refractivity contribution in [1.29, 1.82) is 0 Å². The summed E-state index contributed by atoms with van der Waals surface area (Å²) in [6, 6.07) is 9.75. The van der Waals surface area contributed by atoms with E-state index in [2.05, 4.69) is 28.0 Å². The summed E-state index contributed by atoms with van der Waals surface area (Å²) >= 11 is 0. The molecule has 2 aromatic rings. The molecule has 1 aliphatic rings. The highest BCUT2D eigenvalue weighted by molar-refractivity contribution is 5.25. The average Bonchev–Trinajstić information content (AvgIpc) is 2.49. The molecule has 3 rings (SSSR count). The molecular weight excluding hydrogens is 250 g/mol. The summed E-state index contributed by atoms with van der Waals surface area (Å²) in [7, 11) is 2.17. The summed E-state index contributed by atoms with van der Waals surface area (Å²) < 4.78 is 5.75.